The first-order valence-electron chi connectivity index (χ1n) is 7.90. The molecule has 1 aliphatic rings. The van der Waals surface area contributed by atoms with E-state index in [4.69, 9.17) is 0 Å². The van der Waals surface area contributed by atoms with Gasteiger partial charge in [0, 0.05) is 18.1 Å². The van der Waals surface area contributed by atoms with Gasteiger partial charge in [0.1, 0.15) is 6.07 Å². The van der Waals surface area contributed by atoms with Crippen LogP contribution in [0, 0.1) is 17.2 Å². The first-order chi connectivity index (χ1) is 10.4. The lowest BCUT2D eigenvalue weighted by atomic mass is 10.0. The lowest BCUT2D eigenvalue weighted by Crippen LogP contribution is -2.06. The zero-order valence-corrected chi connectivity index (χ0v) is 12.3. The van der Waals surface area contributed by atoms with Crippen molar-refractivity contribution < 1.29 is 0 Å². The van der Waals surface area contributed by atoms with Crippen LogP contribution in [-0.4, -0.2) is 11.5 Å². The number of nitriles is 1. The van der Waals surface area contributed by atoms with Crippen LogP contribution in [0.25, 0.3) is 10.9 Å². The van der Waals surface area contributed by atoms with E-state index in [0.717, 1.165) is 29.1 Å². The average Bonchev–Trinajstić information content (AvgIpc) is 3.04. The molecule has 1 fully saturated rings. The van der Waals surface area contributed by atoms with Crippen molar-refractivity contribution in [1.29, 1.82) is 5.26 Å². The molecule has 21 heavy (non-hydrogen) atoms. The van der Waals surface area contributed by atoms with E-state index in [-0.39, 0.29) is 0 Å². The van der Waals surface area contributed by atoms with Crippen molar-refractivity contribution >= 4 is 16.6 Å². The van der Waals surface area contributed by atoms with Gasteiger partial charge in [0.05, 0.1) is 16.8 Å². The highest BCUT2D eigenvalue weighted by Crippen LogP contribution is 2.29. The summed E-state index contributed by atoms with van der Waals surface area (Å²) in [7, 11) is 0. The third-order valence-electron chi connectivity index (χ3n) is 4.46. The predicted molar refractivity (Wildman–Crippen MR) is 86.1 cm³/mol. The average molecular weight is 279 g/mol. The Bertz CT molecular complexity index is 651. The molecule has 3 nitrogen and oxygen atoms in total. The highest BCUT2D eigenvalue weighted by atomic mass is 14.9. The number of nitrogens with zero attached hydrogens (tertiary/aromatic N) is 2. The van der Waals surface area contributed by atoms with Gasteiger partial charge in [-0.1, -0.05) is 43.9 Å². The largest absolute Gasteiger partial charge is 0.383 e. The molecule has 1 aromatic carbocycles. The van der Waals surface area contributed by atoms with Crippen LogP contribution in [0.4, 0.5) is 5.69 Å². The van der Waals surface area contributed by atoms with Crippen molar-refractivity contribution in [2.45, 2.75) is 38.5 Å². The van der Waals surface area contributed by atoms with Gasteiger partial charge in [0.15, 0.2) is 0 Å². The minimum atomic E-state index is 0.634. The number of anilines is 1. The normalized spacial score (nSPS) is 15.2. The van der Waals surface area contributed by atoms with Crippen LogP contribution in [0.15, 0.2) is 30.5 Å². The summed E-state index contributed by atoms with van der Waals surface area (Å²) in [4.78, 5) is 4.34. The first kappa shape index (κ1) is 13.9. The monoisotopic (exact) mass is 279 g/mol. The Kier molecular flexibility index (Phi) is 4.35. The molecule has 0 amide bonds. The molecule has 0 unspecified atom stereocenters. The summed E-state index contributed by atoms with van der Waals surface area (Å²) in [6.45, 7) is 0.930. The van der Waals surface area contributed by atoms with Crippen molar-refractivity contribution in [2.24, 2.45) is 5.92 Å². The number of hydrogen-bond donors (Lipinski definition) is 1. The predicted octanol–water partition coefficient (Wildman–Crippen LogP) is 4.49. The summed E-state index contributed by atoms with van der Waals surface area (Å²) in [5.41, 5.74) is 2.51. The Morgan fingerprint density at radius 3 is 2.86 bits per heavy atom. The lowest BCUT2D eigenvalue weighted by molar-refractivity contribution is 0.491. The van der Waals surface area contributed by atoms with Crippen LogP contribution in [0.1, 0.15) is 44.1 Å². The molecule has 108 valence electrons. The van der Waals surface area contributed by atoms with Crippen molar-refractivity contribution in [3.05, 3.63) is 36.0 Å². The van der Waals surface area contributed by atoms with E-state index in [2.05, 4.69) is 16.4 Å². The van der Waals surface area contributed by atoms with E-state index in [1.807, 2.05) is 24.3 Å². The van der Waals surface area contributed by atoms with E-state index < -0.39 is 0 Å². The van der Waals surface area contributed by atoms with Crippen molar-refractivity contribution in [1.82, 2.24) is 4.98 Å². The molecule has 1 saturated carbocycles. The van der Waals surface area contributed by atoms with Gasteiger partial charge in [-0.3, -0.25) is 4.98 Å². The molecule has 1 aliphatic carbocycles. The number of para-hydroxylation sites is 1. The van der Waals surface area contributed by atoms with E-state index in [1.54, 1.807) is 6.20 Å². The van der Waals surface area contributed by atoms with Gasteiger partial charge in [-0.25, -0.2) is 0 Å². The number of benzene rings is 1. The highest BCUT2D eigenvalue weighted by Gasteiger charge is 2.14. The SMILES string of the molecule is N#Cc1cnc2ccccc2c1NCCCC1CCCC1. The standard InChI is InChI=1S/C18H21N3/c19-12-15-13-21-17-10-4-3-9-16(17)18(15)20-11-5-8-14-6-1-2-7-14/h3-4,9-10,13-14H,1-2,5-8,11H2,(H,20,21). The maximum atomic E-state index is 9.28. The number of rotatable bonds is 5. The van der Waals surface area contributed by atoms with Gasteiger partial charge in [-0.15, -0.1) is 0 Å². The smallest absolute Gasteiger partial charge is 0.103 e. The van der Waals surface area contributed by atoms with Crippen LogP contribution >= 0.6 is 0 Å². The summed E-state index contributed by atoms with van der Waals surface area (Å²) >= 11 is 0. The molecule has 3 rings (SSSR count). The Labute approximate surface area is 126 Å². The van der Waals surface area contributed by atoms with E-state index in [0.29, 0.717) is 5.56 Å². The number of pyridine rings is 1. The second-order valence-electron chi connectivity index (χ2n) is 5.90. The molecule has 0 radical (unpaired) electrons. The molecule has 1 N–H and O–H groups in total. The topological polar surface area (TPSA) is 48.7 Å². The van der Waals surface area contributed by atoms with Gasteiger partial charge in [0.2, 0.25) is 0 Å². The number of nitrogens with one attached hydrogen (secondary N) is 1. The third-order valence-corrected chi connectivity index (χ3v) is 4.46. The second kappa shape index (κ2) is 6.58. The van der Waals surface area contributed by atoms with Crippen molar-refractivity contribution in [3.8, 4) is 6.07 Å². The van der Waals surface area contributed by atoms with Crippen molar-refractivity contribution in [2.75, 3.05) is 11.9 Å². The molecule has 0 saturated heterocycles. The molecule has 1 aromatic heterocycles. The zero-order valence-electron chi connectivity index (χ0n) is 12.3. The Morgan fingerprint density at radius 1 is 1.24 bits per heavy atom. The molecule has 0 spiro atoms. The molecule has 1 heterocycles. The maximum absolute atomic E-state index is 9.28. The zero-order chi connectivity index (χ0) is 14.5. The number of fused-ring (bicyclic) bond motifs is 1. The lowest BCUT2D eigenvalue weighted by Gasteiger charge is -2.13. The fraction of sp³-hybridized carbons (Fsp3) is 0.444. The Morgan fingerprint density at radius 2 is 2.05 bits per heavy atom. The van der Waals surface area contributed by atoms with Crippen LogP contribution in [0.5, 0.6) is 0 Å². The van der Waals surface area contributed by atoms with Gasteiger partial charge >= 0.3 is 0 Å². The second-order valence-corrected chi connectivity index (χ2v) is 5.90. The van der Waals surface area contributed by atoms with Crippen LogP contribution in [-0.2, 0) is 0 Å². The molecular weight excluding hydrogens is 258 g/mol. The molecule has 0 bridgehead atoms. The summed E-state index contributed by atoms with van der Waals surface area (Å²) in [5.74, 6) is 0.927. The van der Waals surface area contributed by atoms with E-state index >= 15 is 0 Å². The summed E-state index contributed by atoms with van der Waals surface area (Å²) in [6.07, 6.45) is 9.77. The number of aromatic nitrogens is 1. The fourth-order valence-electron chi connectivity index (χ4n) is 3.32. The van der Waals surface area contributed by atoms with Gasteiger partial charge in [-0.2, -0.15) is 5.26 Å². The minimum Gasteiger partial charge on any atom is -0.383 e. The third kappa shape index (κ3) is 3.16. The number of hydrogen-bond acceptors (Lipinski definition) is 3. The van der Waals surface area contributed by atoms with E-state index in [9.17, 15) is 5.26 Å². The Hall–Kier alpha value is -2.08. The highest BCUT2D eigenvalue weighted by molar-refractivity contribution is 5.93. The van der Waals surface area contributed by atoms with Crippen LogP contribution in [0.2, 0.25) is 0 Å². The van der Waals surface area contributed by atoms with Gasteiger partial charge < -0.3 is 5.32 Å². The summed E-state index contributed by atoms with van der Waals surface area (Å²) < 4.78 is 0. The maximum Gasteiger partial charge on any atom is 0.103 e. The molecule has 0 atom stereocenters. The van der Waals surface area contributed by atoms with Crippen LogP contribution in [0.3, 0.4) is 0 Å². The quantitative estimate of drug-likeness (QED) is 0.820. The van der Waals surface area contributed by atoms with Gasteiger partial charge in [-0.05, 0) is 24.8 Å². The van der Waals surface area contributed by atoms with Gasteiger partial charge in [0.25, 0.3) is 0 Å². The molecule has 2 aromatic rings. The molecular formula is C18H21N3. The Balaban J connectivity index is 1.68. The first-order valence-corrected chi connectivity index (χ1v) is 7.90. The minimum absolute atomic E-state index is 0.634. The van der Waals surface area contributed by atoms with E-state index in [1.165, 1.54) is 38.5 Å². The molecule has 0 aliphatic heterocycles. The summed E-state index contributed by atoms with van der Waals surface area (Å²) in [5, 5.41) is 13.8. The summed E-state index contributed by atoms with van der Waals surface area (Å²) in [6, 6.07) is 10.2. The fourth-order valence-corrected chi connectivity index (χ4v) is 3.32. The molecule has 3 heteroatoms. The van der Waals surface area contributed by atoms with Crippen LogP contribution < -0.4 is 5.32 Å². The van der Waals surface area contributed by atoms with Crippen molar-refractivity contribution in [3.63, 3.8) is 0 Å².